The van der Waals surface area contributed by atoms with Crippen molar-refractivity contribution in [3.63, 3.8) is 0 Å². The van der Waals surface area contributed by atoms with Gasteiger partial charge in [-0.25, -0.2) is 4.79 Å². The van der Waals surface area contributed by atoms with E-state index < -0.39 is 24.3 Å². The molecule has 3 aromatic rings. The number of benzene rings is 3. The predicted octanol–water partition coefficient (Wildman–Crippen LogP) is 5.36. The van der Waals surface area contributed by atoms with Crippen LogP contribution in [-0.2, 0) is 16.0 Å². The summed E-state index contributed by atoms with van der Waals surface area (Å²) in [6, 6.07) is 21.4. The van der Waals surface area contributed by atoms with Crippen LogP contribution in [0.5, 0.6) is 11.5 Å². The third-order valence-electron chi connectivity index (χ3n) is 5.81. The van der Waals surface area contributed by atoms with Gasteiger partial charge in [-0.2, -0.15) is 0 Å². The molecule has 0 amide bonds. The minimum atomic E-state index is -1.30. The Morgan fingerprint density at radius 2 is 1.49 bits per heavy atom. The minimum absolute atomic E-state index is 0.134. The van der Waals surface area contributed by atoms with Gasteiger partial charge in [-0.15, -0.1) is 0 Å². The molecule has 1 unspecified atom stereocenters. The zero-order valence-electron chi connectivity index (χ0n) is 21.3. The molecular formula is C30H35NO6. The third kappa shape index (κ3) is 8.44. The topological polar surface area (TPSA) is 108 Å². The summed E-state index contributed by atoms with van der Waals surface area (Å²) in [6.45, 7) is 4.10. The van der Waals surface area contributed by atoms with Crippen molar-refractivity contribution >= 4 is 11.9 Å². The maximum absolute atomic E-state index is 12.7. The fourth-order valence-electron chi connectivity index (χ4n) is 3.89. The lowest BCUT2D eigenvalue weighted by molar-refractivity contribution is -0.151. The highest BCUT2D eigenvalue weighted by Gasteiger charge is 2.22. The highest BCUT2D eigenvalue weighted by atomic mass is 16.6. The van der Waals surface area contributed by atoms with E-state index in [1.165, 1.54) is 0 Å². The van der Waals surface area contributed by atoms with Gasteiger partial charge in [0.2, 0.25) is 6.29 Å². The largest absolute Gasteiger partial charge is 0.461 e. The zero-order valence-corrected chi connectivity index (χ0v) is 21.3. The molecule has 0 spiro atoms. The average Bonchev–Trinajstić information content (AvgIpc) is 2.91. The van der Waals surface area contributed by atoms with E-state index in [0.717, 1.165) is 25.7 Å². The molecule has 0 aliphatic carbocycles. The van der Waals surface area contributed by atoms with E-state index in [2.05, 4.69) is 0 Å². The van der Waals surface area contributed by atoms with E-state index in [-0.39, 0.29) is 24.0 Å². The molecule has 0 radical (unpaired) electrons. The van der Waals surface area contributed by atoms with Gasteiger partial charge in [0.15, 0.2) is 11.5 Å². The lowest BCUT2D eigenvalue weighted by Crippen LogP contribution is -2.36. The molecule has 0 aliphatic rings. The van der Waals surface area contributed by atoms with Crippen molar-refractivity contribution in [3.8, 4) is 11.5 Å². The molecule has 2 atom stereocenters. The van der Waals surface area contributed by atoms with Gasteiger partial charge in [-0.05, 0) is 49.1 Å². The van der Waals surface area contributed by atoms with Crippen LogP contribution in [0.1, 0.15) is 67.3 Å². The number of aliphatic hydroxyl groups excluding tert-OH is 1. The zero-order chi connectivity index (χ0) is 26.6. The van der Waals surface area contributed by atoms with Gasteiger partial charge in [0.1, 0.15) is 12.1 Å². The molecule has 3 rings (SSSR count). The maximum atomic E-state index is 12.7. The number of esters is 2. The number of rotatable bonds is 13. The predicted molar refractivity (Wildman–Crippen MR) is 141 cm³/mol. The summed E-state index contributed by atoms with van der Waals surface area (Å²) >= 11 is 0. The second-order valence-corrected chi connectivity index (χ2v) is 8.86. The first kappa shape index (κ1) is 27.9. The summed E-state index contributed by atoms with van der Waals surface area (Å²) < 4.78 is 17.0. The highest BCUT2D eigenvalue weighted by molar-refractivity contribution is 5.91. The molecule has 0 heterocycles. The van der Waals surface area contributed by atoms with Crippen LogP contribution < -0.4 is 15.2 Å². The van der Waals surface area contributed by atoms with Crippen molar-refractivity contribution in [1.82, 2.24) is 0 Å². The van der Waals surface area contributed by atoms with Crippen molar-refractivity contribution in [2.75, 3.05) is 0 Å². The molecule has 3 aromatic carbocycles. The Morgan fingerprint density at radius 1 is 0.865 bits per heavy atom. The van der Waals surface area contributed by atoms with Crippen LogP contribution in [0.4, 0.5) is 0 Å². The van der Waals surface area contributed by atoms with E-state index in [0.29, 0.717) is 16.7 Å². The Balaban J connectivity index is 1.79. The van der Waals surface area contributed by atoms with Crippen LogP contribution in [0.3, 0.4) is 0 Å². The van der Waals surface area contributed by atoms with Crippen molar-refractivity contribution in [2.45, 2.75) is 64.4 Å². The van der Waals surface area contributed by atoms with E-state index in [1.54, 1.807) is 72.8 Å². The van der Waals surface area contributed by atoms with E-state index in [4.69, 9.17) is 19.9 Å². The van der Waals surface area contributed by atoms with Gasteiger partial charge in [-0.3, -0.25) is 4.79 Å². The number of ether oxygens (including phenoxy) is 3. The Kier molecular flexibility index (Phi) is 10.7. The standard InChI is InChI=1S/C30H35NO6/c1-3-11-24(12-4-2)35-30(34)25(31)19-21-17-18-26(36-28(32)22-13-7-5-8-14-22)27(20-21)37-29(33)23-15-9-6-10-16-23/h5-10,13-18,20,24-25,29,33H,3-4,11-12,19,31H2,1-2H3/t25-,29?/m0/s1. The fraction of sp³-hybridized carbons (Fsp3) is 0.333. The number of nitrogens with two attached hydrogens (primary N) is 1. The first-order valence-electron chi connectivity index (χ1n) is 12.7. The third-order valence-corrected chi connectivity index (χ3v) is 5.81. The van der Waals surface area contributed by atoms with Gasteiger partial charge in [0, 0.05) is 5.56 Å². The SMILES string of the molecule is CCCC(CCC)OC(=O)[C@@H](N)Cc1ccc(OC(=O)c2ccccc2)c(OC(O)c2ccccc2)c1. The second kappa shape index (κ2) is 14.2. The molecule has 0 saturated heterocycles. The Morgan fingerprint density at radius 3 is 2.11 bits per heavy atom. The number of carbonyl (C=O) groups excluding carboxylic acids is 2. The van der Waals surface area contributed by atoms with Crippen LogP contribution in [0.2, 0.25) is 0 Å². The highest BCUT2D eigenvalue weighted by Crippen LogP contribution is 2.33. The van der Waals surface area contributed by atoms with Gasteiger partial charge in [0.05, 0.1) is 5.56 Å². The van der Waals surface area contributed by atoms with E-state index in [9.17, 15) is 14.7 Å². The van der Waals surface area contributed by atoms with E-state index >= 15 is 0 Å². The average molecular weight is 506 g/mol. The molecule has 196 valence electrons. The molecule has 3 N–H and O–H groups in total. The lowest BCUT2D eigenvalue weighted by Gasteiger charge is -2.20. The Bertz CT molecular complexity index is 1130. The smallest absolute Gasteiger partial charge is 0.343 e. The summed E-state index contributed by atoms with van der Waals surface area (Å²) in [4.78, 5) is 25.3. The van der Waals surface area contributed by atoms with Gasteiger partial charge < -0.3 is 25.1 Å². The minimum Gasteiger partial charge on any atom is -0.461 e. The first-order chi connectivity index (χ1) is 17.9. The van der Waals surface area contributed by atoms with Crippen molar-refractivity contribution in [2.24, 2.45) is 5.73 Å². The number of hydrogen-bond donors (Lipinski definition) is 2. The lowest BCUT2D eigenvalue weighted by atomic mass is 10.1. The maximum Gasteiger partial charge on any atom is 0.343 e. The number of aliphatic hydroxyl groups is 1. The quantitative estimate of drug-likeness (QED) is 0.183. The van der Waals surface area contributed by atoms with Gasteiger partial charge >= 0.3 is 11.9 Å². The molecule has 7 heteroatoms. The monoisotopic (exact) mass is 505 g/mol. The summed E-state index contributed by atoms with van der Waals surface area (Å²) in [5, 5.41) is 10.6. The fourth-order valence-corrected chi connectivity index (χ4v) is 3.89. The molecule has 0 bridgehead atoms. The normalized spacial score (nSPS) is 12.6. The number of hydrogen-bond acceptors (Lipinski definition) is 7. The molecule has 7 nitrogen and oxygen atoms in total. The van der Waals surface area contributed by atoms with Crippen LogP contribution in [0.15, 0.2) is 78.9 Å². The molecular weight excluding hydrogens is 470 g/mol. The van der Waals surface area contributed by atoms with Crippen LogP contribution >= 0.6 is 0 Å². The van der Waals surface area contributed by atoms with Crippen molar-refractivity contribution in [3.05, 3.63) is 95.6 Å². The Hall–Kier alpha value is -3.68. The molecule has 0 fully saturated rings. The summed E-state index contributed by atoms with van der Waals surface area (Å²) in [6.07, 6.45) is 2.17. The van der Waals surface area contributed by atoms with Gasteiger partial charge in [-0.1, -0.05) is 81.3 Å². The van der Waals surface area contributed by atoms with Crippen molar-refractivity contribution in [1.29, 1.82) is 0 Å². The van der Waals surface area contributed by atoms with Crippen LogP contribution in [0, 0.1) is 0 Å². The van der Waals surface area contributed by atoms with Gasteiger partial charge in [0.25, 0.3) is 0 Å². The summed E-state index contributed by atoms with van der Waals surface area (Å²) in [5.74, 6) is -0.743. The second-order valence-electron chi connectivity index (χ2n) is 8.86. The summed E-state index contributed by atoms with van der Waals surface area (Å²) in [7, 11) is 0. The number of carbonyl (C=O) groups is 2. The van der Waals surface area contributed by atoms with E-state index in [1.807, 2.05) is 19.9 Å². The van der Waals surface area contributed by atoms with Crippen molar-refractivity contribution < 1.29 is 28.9 Å². The molecule has 0 aromatic heterocycles. The summed E-state index contributed by atoms with van der Waals surface area (Å²) in [5.41, 5.74) is 7.75. The molecule has 0 saturated carbocycles. The molecule has 0 aliphatic heterocycles. The first-order valence-corrected chi connectivity index (χ1v) is 12.7. The van der Waals surface area contributed by atoms with Crippen LogP contribution in [-0.4, -0.2) is 29.2 Å². The molecule has 37 heavy (non-hydrogen) atoms. The van der Waals surface area contributed by atoms with Crippen LogP contribution in [0.25, 0.3) is 0 Å². The Labute approximate surface area is 218 Å².